The van der Waals surface area contributed by atoms with E-state index in [0.29, 0.717) is 11.2 Å². The molecule has 0 aliphatic heterocycles. The van der Waals surface area contributed by atoms with E-state index in [9.17, 15) is 13.2 Å². The molecule has 0 unspecified atom stereocenters. The maximum absolute atomic E-state index is 12.6. The van der Waals surface area contributed by atoms with Gasteiger partial charge in [-0.3, -0.25) is 0 Å². The zero-order valence-electron chi connectivity index (χ0n) is 9.14. The Labute approximate surface area is 113 Å². The third kappa shape index (κ3) is 3.49. The van der Waals surface area contributed by atoms with Crippen molar-refractivity contribution in [1.82, 2.24) is 5.32 Å². The van der Waals surface area contributed by atoms with E-state index in [1.807, 2.05) is 0 Å². The predicted octanol–water partition coefficient (Wildman–Crippen LogP) is 3.81. The van der Waals surface area contributed by atoms with Crippen LogP contribution in [0, 0.1) is 0 Å². The van der Waals surface area contributed by atoms with Crippen LogP contribution in [0.25, 0.3) is 0 Å². The monoisotopic (exact) mass is 294 g/mol. The maximum atomic E-state index is 12.6. The van der Waals surface area contributed by atoms with E-state index in [1.165, 1.54) is 12.1 Å². The van der Waals surface area contributed by atoms with Gasteiger partial charge in [-0.15, -0.1) is 0 Å². The molecule has 0 aromatic heterocycles. The van der Waals surface area contributed by atoms with Gasteiger partial charge in [-0.05, 0) is 43.3 Å². The second-order valence-electron chi connectivity index (χ2n) is 4.07. The van der Waals surface area contributed by atoms with E-state index in [-0.39, 0.29) is 10.7 Å². The van der Waals surface area contributed by atoms with E-state index >= 15 is 0 Å². The van der Waals surface area contributed by atoms with Gasteiger partial charge in [0.1, 0.15) is 0 Å². The minimum Gasteiger partial charge on any atom is -0.360 e. The summed E-state index contributed by atoms with van der Waals surface area (Å²) in [7, 11) is 0. The molecule has 2 rings (SSSR count). The zero-order valence-corrected chi connectivity index (χ0v) is 10.7. The molecule has 0 saturated heterocycles. The van der Waals surface area contributed by atoms with Crippen molar-refractivity contribution in [3.63, 3.8) is 0 Å². The van der Waals surface area contributed by atoms with Gasteiger partial charge in [0.15, 0.2) is 5.11 Å². The Bertz CT molecular complexity index is 472. The highest BCUT2D eigenvalue weighted by Gasteiger charge is 2.33. The van der Waals surface area contributed by atoms with Crippen LogP contribution in [0.5, 0.6) is 0 Å². The van der Waals surface area contributed by atoms with Crippen LogP contribution >= 0.6 is 23.8 Å². The van der Waals surface area contributed by atoms with E-state index < -0.39 is 11.7 Å². The quantitative estimate of drug-likeness (QED) is 0.811. The molecule has 98 valence electrons. The Hall–Kier alpha value is -1.01. The lowest BCUT2D eigenvalue weighted by Gasteiger charge is -2.13. The summed E-state index contributed by atoms with van der Waals surface area (Å²) in [5.74, 6) is 0. The topological polar surface area (TPSA) is 24.1 Å². The Morgan fingerprint density at radius 3 is 2.56 bits per heavy atom. The molecule has 1 aliphatic carbocycles. The molecule has 1 aromatic carbocycles. The summed E-state index contributed by atoms with van der Waals surface area (Å²) in [6, 6.07) is 3.95. The standard InChI is InChI=1S/C11H10ClF3N2S/c12-9-4-3-7(5-8(9)11(13,14)15)17-10(18)16-6-1-2-6/h3-6H,1-2H2,(H2,16,17,18). The molecule has 0 spiro atoms. The van der Waals surface area contributed by atoms with Crippen molar-refractivity contribution in [2.24, 2.45) is 0 Å². The fraction of sp³-hybridized carbons (Fsp3) is 0.364. The molecule has 1 saturated carbocycles. The van der Waals surface area contributed by atoms with Gasteiger partial charge < -0.3 is 10.6 Å². The highest BCUT2D eigenvalue weighted by Crippen LogP contribution is 2.36. The molecule has 0 atom stereocenters. The van der Waals surface area contributed by atoms with Gasteiger partial charge in [0.25, 0.3) is 0 Å². The third-order valence-electron chi connectivity index (χ3n) is 2.44. The molecule has 0 amide bonds. The molecule has 0 radical (unpaired) electrons. The maximum Gasteiger partial charge on any atom is 0.417 e. The Morgan fingerprint density at radius 1 is 1.33 bits per heavy atom. The summed E-state index contributed by atoms with van der Waals surface area (Å²) in [4.78, 5) is 0. The second kappa shape index (κ2) is 4.93. The van der Waals surface area contributed by atoms with Gasteiger partial charge in [0.05, 0.1) is 10.6 Å². The fourth-order valence-corrected chi connectivity index (χ4v) is 1.91. The highest BCUT2D eigenvalue weighted by atomic mass is 35.5. The molecule has 1 fully saturated rings. The summed E-state index contributed by atoms with van der Waals surface area (Å²) >= 11 is 10.5. The minimum absolute atomic E-state index is 0.268. The van der Waals surface area contributed by atoms with Crippen LogP contribution in [0.3, 0.4) is 0 Å². The molecule has 0 heterocycles. The number of rotatable bonds is 2. The van der Waals surface area contributed by atoms with Crippen molar-refractivity contribution in [2.75, 3.05) is 5.32 Å². The van der Waals surface area contributed by atoms with Gasteiger partial charge in [0.2, 0.25) is 0 Å². The number of thiocarbonyl (C=S) groups is 1. The van der Waals surface area contributed by atoms with Crippen LogP contribution in [-0.2, 0) is 6.18 Å². The van der Waals surface area contributed by atoms with Crippen molar-refractivity contribution in [3.8, 4) is 0 Å². The zero-order chi connectivity index (χ0) is 13.3. The molecule has 1 aromatic rings. The first-order valence-electron chi connectivity index (χ1n) is 5.30. The summed E-state index contributed by atoms with van der Waals surface area (Å²) < 4.78 is 37.9. The van der Waals surface area contributed by atoms with Crippen LogP contribution in [-0.4, -0.2) is 11.2 Å². The average molecular weight is 295 g/mol. The van der Waals surface area contributed by atoms with E-state index in [2.05, 4.69) is 10.6 Å². The number of alkyl halides is 3. The first kappa shape index (κ1) is 13.4. The number of anilines is 1. The van der Waals surface area contributed by atoms with Gasteiger partial charge in [-0.2, -0.15) is 13.2 Å². The number of halogens is 4. The Balaban J connectivity index is 2.11. The number of hydrogen-bond acceptors (Lipinski definition) is 1. The first-order valence-corrected chi connectivity index (χ1v) is 6.09. The normalized spacial score (nSPS) is 15.3. The molecule has 2 N–H and O–H groups in total. The first-order chi connectivity index (χ1) is 8.36. The van der Waals surface area contributed by atoms with Gasteiger partial charge >= 0.3 is 6.18 Å². The Morgan fingerprint density at radius 2 is 2.00 bits per heavy atom. The van der Waals surface area contributed by atoms with Crippen LogP contribution in [0.15, 0.2) is 18.2 Å². The lowest BCUT2D eigenvalue weighted by atomic mass is 10.2. The summed E-state index contributed by atoms with van der Waals surface area (Å²) in [6.07, 6.45) is -2.40. The number of benzene rings is 1. The van der Waals surface area contributed by atoms with Crippen LogP contribution < -0.4 is 10.6 Å². The van der Waals surface area contributed by atoms with E-state index in [0.717, 1.165) is 18.9 Å². The van der Waals surface area contributed by atoms with Crippen LogP contribution in [0.1, 0.15) is 18.4 Å². The lowest BCUT2D eigenvalue weighted by molar-refractivity contribution is -0.137. The van der Waals surface area contributed by atoms with Crippen LogP contribution in [0.4, 0.5) is 18.9 Å². The molecule has 0 bridgehead atoms. The molecular weight excluding hydrogens is 285 g/mol. The lowest BCUT2D eigenvalue weighted by Crippen LogP contribution is -2.30. The highest BCUT2D eigenvalue weighted by molar-refractivity contribution is 7.80. The second-order valence-corrected chi connectivity index (χ2v) is 4.88. The molecule has 7 heteroatoms. The van der Waals surface area contributed by atoms with Crippen molar-refractivity contribution in [1.29, 1.82) is 0 Å². The molecule has 2 nitrogen and oxygen atoms in total. The van der Waals surface area contributed by atoms with Crippen molar-refractivity contribution in [2.45, 2.75) is 25.1 Å². The number of hydrogen-bond donors (Lipinski definition) is 2. The van der Waals surface area contributed by atoms with Crippen LogP contribution in [0.2, 0.25) is 5.02 Å². The molecule has 18 heavy (non-hydrogen) atoms. The number of nitrogens with one attached hydrogen (secondary N) is 2. The summed E-state index contributed by atoms with van der Waals surface area (Å²) in [5, 5.41) is 5.70. The van der Waals surface area contributed by atoms with E-state index in [4.69, 9.17) is 23.8 Å². The average Bonchev–Trinajstić information content (AvgIpc) is 3.03. The SMILES string of the molecule is FC(F)(F)c1cc(NC(=S)NC2CC2)ccc1Cl. The third-order valence-corrected chi connectivity index (χ3v) is 2.99. The Kier molecular flexibility index (Phi) is 3.68. The van der Waals surface area contributed by atoms with Crippen molar-refractivity contribution < 1.29 is 13.2 Å². The van der Waals surface area contributed by atoms with Gasteiger partial charge in [-0.25, -0.2) is 0 Å². The van der Waals surface area contributed by atoms with E-state index in [1.54, 1.807) is 0 Å². The minimum atomic E-state index is -4.47. The summed E-state index contributed by atoms with van der Waals surface area (Å²) in [5.41, 5.74) is -0.603. The van der Waals surface area contributed by atoms with Crippen molar-refractivity contribution >= 4 is 34.6 Å². The smallest absolute Gasteiger partial charge is 0.360 e. The van der Waals surface area contributed by atoms with Crippen molar-refractivity contribution in [3.05, 3.63) is 28.8 Å². The van der Waals surface area contributed by atoms with Gasteiger partial charge in [-0.1, -0.05) is 11.6 Å². The summed E-state index contributed by atoms with van der Waals surface area (Å²) in [6.45, 7) is 0. The molecule has 1 aliphatic rings. The predicted molar refractivity (Wildman–Crippen MR) is 68.8 cm³/mol. The van der Waals surface area contributed by atoms with Gasteiger partial charge in [0, 0.05) is 11.7 Å². The molecular formula is C11H10ClF3N2S. The fourth-order valence-electron chi connectivity index (χ4n) is 1.40. The largest absolute Gasteiger partial charge is 0.417 e.